The first kappa shape index (κ1) is 8.07. The van der Waals surface area contributed by atoms with Crippen LogP contribution in [0.15, 0.2) is 12.3 Å². The van der Waals surface area contributed by atoms with Gasteiger partial charge in [0.15, 0.2) is 0 Å². The standard InChI is InChI=1S/C6H6ClIN2/c1-4-6(8)5(10-7)2-3-9-4/h2-3H,1H3,(H,9,10). The SMILES string of the molecule is Cc1nccc(NCl)c1I. The van der Waals surface area contributed by atoms with Gasteiger partial charge < -0.3 is 0 Å². The Labute approximate surface area is 78.2 Å². The quantitative estimate of drug-likeness (QED) is 0.625. The zero-order valence-corrected chi connectivity index (χ0v) is 8.27. The summed E-state index contributed by atoms with van der Waals surface area (Å²) < 4.78 is 1.06. The second-order valence-corrected chi connectivity index (χ2v) is 3.12. The minimum Gasteiger partial charge on any atom is -0.297 e. The van der Waals surface area contributed by atoms with Gasteiger partial charge in [-0.2, -0.15) is 0 Å². The average Bonchev–Trinajstić information content (AvgIpc) is 1.95. The van der Waals surface area contributed by atoms with Crippen molar-refractivity contribution in [2.24, 2.45) is 0 Å². The summed E-state index contributed by atoms with van der Waals surface area (Å²) >= 11 is 7.62. The molecule has 2 nitrogen and oxygen atoms in total. The lowest BCUT2D eigenvalue weighted by Crippen LogP contribution is -1.90. The number of anilines is 1. The first-order chi connectivity index (χ1) is 4.75. The van der Waals surface area contributed by atoms with E-state index in [1.165, 1.54) is 0 Å². The van der Waals surface area contributed by atoms with Crippen LogP contribution in [0.1, 0.15) is 5.69 Å². The zero-order chi connectivity index (χ0) is 7.56. The molecule has 10 heavy (non-hydrogen) atoms. The monoisotopic (exact) mass is 268 g/mol. The maximum atomic E-state index is 5.42. The van der Waals surface area contributed by atoms with Crippen molar-refractivity contribution in [1.82, 2.24) is 4.98 Å². The third kappa shape index (κ3) is 1.52. The highest BCUT2D eigenvalue weighted by Gasteiger charge is 1.99. The molecule has 1 aromatic heterocycles. The number of nitrogens with zero attached hydrogens (tertiary/aromatic N) is 1. The number of nitrogens with one attached hydrogen (secondary N) is 1. The van der Waals surface area contributed by atoms with Gasteiger partial charge in [0.1, 0.15) is 0 Å². The van der Waals surface area contributed by atoms with Crippen LogP contribution in [-0.4, -0.2) is 4.98 Å². The minimum atomic E-state index is 0.912. The molecular weight excluding hydrogens is 262 g/mol. The van der Waals surface area contributed by atoms with Crippen LogP contribution in [0.25, 0.3) is 0 Å². The predicted octanol–water partition coefficient (Wildman–Crippen LogP) is 2.56. The molecule has 0 unspecified atom stereocenters. The largest absolute Gasteiger partial charge is 0.297 e. The summed E-state index contributed by atoms with van der Waals surface area (Å²) in [6, 6.07) is 1.84. The highest BCUT2D eigenvalue weighted by Crippen LogP contribution is 2.19. The molecule has 0 amide bonds. The van der Waals surface area contributed by atoms with E-state index in [-0.39, 0.29) is 0 Å². The number of hydrogen-bond acceptors (Lipinski definition) is 2. The Morgan fingerprint density at radius 3 is 2.90 bits per heavy atom. The Balaban J connectivity index is 3.14. The van der Waals surface area contributed by atoms with Crippen molar-refractivity contribution in [3.05, 3.63) is 21.5 Å². The molecule has 0 spiro atoms. The normalized spacial score (nSPS) is 9.50. The van der Waals surface area contributed by atoms with Crippen LogP contribution in [0.2, 0.25) is 0 Å². The molecule has 0 aliphatic rings. The Morgan fingerprint density at radius 1 is 1.70 bits per heavy atom. The molecule has 54 valence electrons. The lowest BCUT2D eigenvalue weighted by molar-refractivity contribution is 1.18. The molecular formula is C6H6ClIN2. The second kappa shape index (κ2) is 3.39. The molecule has 0 aliphatic carbocycles. The number of aromatic nitrogens is 1. The summed E-state index contributed by atoms with van der Waals surface area (Å²) in [5.74, 6) is 0. The summed E-state index contributed by atoms with van der Waals surface area (Å²) in [4.78, 5) is 6.64. The Hall–Kier alpha value is -0.0300. The molecule has 0 radical (unpaired) electrons. The molecule has 1 rings (SSSR count). The van der Waals surface area contributed by atoms with Gasteiger partial charge in [-0.25, -0.2) is 0 Å². The van der Waals surface area contributed by atoms with Gasteiger partial charge in [-0.1, -0.05) is 0 Å². The summed E-state index contributed by atoms with van der Waals surface area (Å²) in [6.07, 6.45) is 1.72. The highest BCUT2D eigenvalue weighted by atomic mass is 127. The van der Waals surface area contributed by atoms with Crippen LogP contribution in [0.3, 0.4) is 0 Å². The molecule has 1 N–H and O–H groups in total. The minimum absolute atomic E-state index is 0.912. The predicted molar refractivity (Wildman–Crippen MR) is 51.2 cm³/mol. The number of aryl methyl sites for hydroxylation is 1. The molecule has 0 atom stereocenters. The van der Waals surface area contributed by atoms with E-state index in [2.05, 4.69) is 32.4 Å². The lowest BCUT2D eigenvalue weighted by atomic mass is 10.3. The van der Waals surface area contributed by atoms with E-state index in [1.807, 2.05) is 13.0 Å². The van der Waals surface area contributed by atoms with Gasteiger partial charge >= 0.3 is 0 Å². The third-order valence-electron chi connectivity index (χ3n) is 1.17. The van der Waals surface area contributed by atoms with Crippen LogP contribution in [0.5, 0.6) is 0 Å². The van der Waals surface area contributed by atoms with Crippen molar-refractivity contribution < 1.29 is 0 Å². The smallest absolute Gasteiger partial charge is 0.0658 e. The van der Waals surface area contributed by atoms with E-state index in [1.54, 1.807) is 6.20 Å². The summed E-state index contributed by atoms with van der Waals surface area (Å²) in [6.45, 7) is 1.94. The Morgan fingerprint density at radius 2 is 2.40 bits per heavy atom. The average molecular weight is 268 g/mol. The van der Waals surface area contributed by atoms with E-state index in [4.69, 9.17) is 11.8 Å². The Bertz CT molecular complexity index is 239. The van der Waals surface area contributed by atoms with E-state index in [9.17, 15) is 0 Å². The maximum Gasteiger partial charge on any atom is 0.0658 e. The van der Waals surface area contributed by atoms with Gasteiger partial charge in [0.05, 0.1) is 15.0 Å². The van der Waals surface area contributed by atoms with Gasteiger partial charge in [0, 0.05) is 18.0 Å². The zero-order valence-electron chi connectivity index (χ0n) is 5.36. The first-order valence-corrected chi connectivity index (χ1v) is 4.19. The van der Waals surface area contributed by atoms with Crippen molar-refractivity contribution in [2.45, 2.75) is 6.92 Å². The van der Waals surface area contributed by atoms with E-state index < -0.39 is 0 Å². The van der Waals surface area contributed by atoms with Gasteiger partial charge in [0.25, 0.3) is 0 Å². The summed E-state index contributed by atoms with van der Waals surface area (Å²) in [5, 5.41) is 0. The van der Waals surface area contributed by atoms with Crippen molar-refractivity contribution in [3.63, 3.8) is 0 Å². The van der Waals surface area contributed by atoms with Gasteiger partial charge in [-0.3, -0.25) is 9.82 Å². The van der Waals surface area contributed by atoms with Gasteiger partial charge in [-0.05, 0) is 35.6 Å². The van der Waals surface area contributed by atoms with Crippen LogP contribution in [0.4, 0.5) is 5.69 Å². The van der Waals surface area contributed by atoms with Crippen LogP contribution < -0.4 is 4.84 Å². The lowest BCUT2D eigenvalue weighted by Gasteiger charge is -2.01. The number of halogens is 2. The molecule has 0 saturated heterocycles. The molecule has 0 aliphatic heterocycles. The van der Waals surface area contributed by atoms with Gasteiger partial charge in [-0.15, -0.1) is 0 Å². The molecule has 0 fully saturated rings. The van der Waals surface area contributed by atoms with Crippen LogP contribution in [-0.2, 0) is 0 Å². The molecule has 4 heteroatoms. The fraction of sp³-hybridized carbons (Fsp3) is 0.167. The fourth-order valence-electron chi connectivity index (χ4n) is 0.621. The van der Waals surface area contributed by atoms with Crippen molar-refractivity contribution in [3.8, 4) is 0 Å². The number of rotatable bonds is 1. The highest BCUT2D eigenvalue weighted by molar-refractivity contribution is 14.1. The fourth-order valence-corrected chi connectivity index (χ4v) is 1.39. The van der Waals surface area contributed by atoms with Crippen molar-refractivity contribution in [2.75, 3.05) is 4.84 Å². The molecule has 0 saturated carbocycles. The number of hydrogen-bond donors (Lipinski definition) is 1. The van der Waals surface area contributed by atoms with E-state index in [0.717, 1.165) is 15.0 Å². The number of pyridine rings is 1. The molecule has 0 bridgehead atoms. The van der Waals surface area contributed by atoms with Crippen molar-refractivity contribution >= 4 is 40.1 Å². The van der Waals surface area contributed by atoms with Crippen molar-refractivity contribution in [1.29, 1.82) is 0 Å². The topological polar surface area (TPSA) is 24.9 Å². The molecule has 0 aromatic carbocycles. The molecule has 1 heterocycles. The van der Waals surface area contributed by atoms with Crippen LogP contribution >= 0.6 is 34.4 Å². The van der Waals surface area contributed by atoms with Gasteiger partial charge in [0.2, 0.25) is 0 Å². The van der Waals surface area contributed by atoms with E-state index >= 15 is 0 Å². The second-order valence-electron chi connectivity index (χ2n) is 1.85. The van der Waals surface area contributed by atoms with Crippen LogP contribution in [0, 0.1) is 10.5 Å². The van der Waals surface area contributed by atoms with E-state index in [0.29, 0.717) is 0 Å². The first-order valence-electron chi connectivity index (χ1n) is 2.73. The Kier molecular flexibility index (Phi) is 2.73. The summed E-state index contributed by atoms with van der Waals surface area (Å²) in [7, 11) is 0. The maximum absolute atomic E-state index is 5.42. The summed E-state index contributed by atoms with van der Waals surface area (Å²) in [5.41, 5.74) is 1.90. The third-order valence-corrected chi connectivity index (χ3v) is 2.73. The molecule has 1 aromatic rings.